The quantitative estimate of drug-likeness (QED) is 0.451. The number of carbonyl (C=O) groups excluding carboxylic acids is 3. The molecule has 0 aromatic heterocycles. The molecule has 0 aliphatic carbocycles. The van der Waals surface area contributed by atoms with Crippen LogP contribution in [0.25, 0.3) is 0 Å². The third kappa shape index (κ3) is 4.49. The lowest BCUT2D eigenvalue weighted by Gasteiger charge is -2.19. The number of non-ortho nitro benzene ring substituents is 1. The normalized spacial score (nSPS) is 13.1. The predicted molar refractivity (Wildman–Crippen MR) is 105 cm³/mol. The molecule has 0 bridgehead atoms. The molecule has 10 heteroatoms. The molecule has 1 aliphatic rings. The lowest BCUT2D eigenvalue weighted by Crippen LogP contribution is -2.29. The van der Waals surface area contributed by atoms with Crippen LogP contribution in [0.3, 0.4) is 0 Å². The molecule has 1 fully saturated rings. The van der Waals surface area contributed by atoms with E-state index in [1.807, 2.05) is 0 Å². The van der Waals surface area contributed by atoms with E-state index in [1.165, 1.54) is 37.4 Å². The van der Waals surface area contributed by atoms with Crippen molar-refractivity contribution in [2.75, 3.05) is 29.2 Å². The van der Waals surface area contributed by atoms with Gasteiger partial charge in [0.1, 0.15) is 5.75 Å². The van der Waals surface area contributed by atoms with Gasteiger partial charge < -0.3 is 20.3 Å². The molecule has 3 amide bonds. The fourth-order valence-corrected chi connectivity index (χ4v) is 2.92. The maximum Gasteiger partial charge on any atom is 0.314 e. The maximum atomic E-state index is 12.1. The number of carbonyl (C=O) groups is 3. The summed E-state index contributed by atoms with van der Waals surface area (Å²) < 4.78 is 5.31. The van der Waals surface area contributed by atoms with E-state index in [2.05, 4.69) is 10.6 Å². The molecule has 0 unspecified atom stereocenters. The van der Waals surface area contributed by atoms with Crippen LogP contribution in [0.5, 0.6) is 5.75 Å². The molecule has 0 radical (unpaired) electrons. The van der Waals surface area contributed by atoms with E-state index in [0.29, 0.717) is 30.1 Å². The van der Waals surface area contributed by atoms with Crippen LogP contribution in [0.2, 0.25) is 0 Å². The number of hydrogen-bond donors (Lipinski definition) is 2. The standard InChI is InChI=1S/C19H18N4O6/c1-29-16-11-13(6-9-15(16)22-10-2-3-17(22)24)21-19(26)18(25)20-12-4-7-14(8-5-12)23(27)28/h4-9,11H,2-3,10H2,1H3,(H,20,25)(H,21,26). The second-order valence-corrected chi connectivity index (χ2v) is 6.25. The smallest absolute Gasteiger partial charge is 0.314 e. The average Bonchev–Trinajstić information content (AvgIpc) is 3.13. The van der Waals surface area contributed by atoms with Crippen molar-refractivity contribution in [2.45, 2.75) is 12.8 Å². The Kier molecular flexibility index (Phi) is 5.72. The van der Waals surface area contributed by atoms with E-state index in [4.69, 9.17) is 4.74 Å². The Hall–Kier alpha value is -3.95. The first-order chi connectivity index (χ1) is 13.9. The zero-order valence-electron chi connectivity index (χ0n) is 15.5. The Morgan fingerprint density at radius 3 is 2.24 bits per heavy atom. The molecule has 1 saturated heterocycles. The van der Waals surface area contributed by atoms with E-state index >= 15 is 0 Å². The summed E-state index contributed by atoms with van der Waals surface area (Å²) in [5.41, 5.74) is 1.04. The van der Waals surface area contributed by atoms with Gasteiger partial charge in [0.05, 0.1) is 17.7 Å². The van der Waals surface area contributed by atoms with Crippen LogP contribution in [0, 0.1) is 10.1 Å². The number of methoxy groups -OCH3 is 1. The van der Waals surface area contributed by atoms with Crippen molar-refractivity contribution in [1.29, 1.82) is 0 Å². The fourth-order valence-electron chi connectivity index (χ4n) is 2.92. The van der Waals surface area contributed by atoms with Crippen LogP contribution in [-0.2, 0) is 14.4 Å². The van der Waals surface area contributed by atoms with Gasteiger partial charge >= 0.3 is 11.8 Å². The second kappa shape index (κ2) is 8.38. The molecule has 0 saturated carbocycles. The van der Waals surface area contributed by atoms with Crippen LogP contribution >= 0.6 is 0 Å². The highest BCUT2D eigenvalue weighted by atomic mass is 16.6. The van der Waals surface area contributed by atoms with Crippen LogP contribution in [0.4, 0.5) is 22.7 Å². The van der Waals surface area contributed by atoms with Crippen molar-refractivity contribution in [3.05, 3.63) is 52.6 Å². The van der Waals surface area contributed by atoms with Gasteiger partial charge in [-0.1, -0.05) is 0 Å². The van der Waals surface area contributed by atoms with E-state index in [1.54, 1.807) is 17.0 Å². The Morgan fingerprint density at radius 1 is 1.07 bits per heavy atom. The summed E-state index contributed by atoms with van der Waals surface area (Å²) in [5.74, 6) is -1.46. The van der Waals surface area contributed by atoms with Gasteiger partial charge in [-0.2, -0.15) is 0 Å². The van der Waals surface area contributed by atoms with E-state index in [9.17, 15) is 24.5 Å². The van der Waals surface area contributed by atoms with Crippen molar-refractivity contribution < 1.29 is 24.0 Å². The molecule has 1 heterocycles. The number of benzene rings is 2. The molecule has 2 aromatic carbocycles. The summed E-state index contributed by atoms with van der Waals surface area (Å²) in [6.45, 7) is 0.596. The average molecular weight is 398 g/mol. The van der Waals surface area contributed by atoms with Gasteiger partial charge in [0.2, 0.25) is 5.91 Å². The maximum absolute atomic E-state index is 12.1. The third-order valence-corrected chi connectivity index (χ3v) is 4.34. The SMILES string of the molecule is COc1cc(NC(=O)C(=O)Nc2ccc([N+](=O)[O-])cc2)ccc1N1CCCC1=O. The number of nitro benzene ring substituents is 1. The highest BCUT2D eigenvalue weighted by molar-refractivity contribution is 6.43. The summed E-state index contributed by atoms with van der Waals surface area (Å²) in [7, 11) is 1.45. The number of anilines is 3. The number of nitrogens with one attached hydrogen (secondary N) is 2. The topological polar surface area (TPSA) is 131 Å². The number of rotatable bonds is 5. The lowest BCUT2D eigenvalue weighted by atomic mass is 10.2. The number of nitrogens with zero attached hydrogens (tertiary/aromatic N) is 2. The first-order valence-corrected chi connectivity index (χ1v) is 8.74. The van der Waals surface area contributed by atoms with Crippen LogP contribution < -0.4 is 20.3 Å². The van der Waals surface area contributed by atoms with Crippen LogP contribution in [-0.4, -0.2) is 36.3 Å². The lowest BCUT2D eigenvalue weighted by molar-refractivity contribution is -0.384. The molecule has 2 N–H and O–H groups in total. The number of hydrogen-bond acceptors (Lipinski definition) is 6. The van der Waals surface area contributed by atoms with E-state index in [-0.39, 0.29) is 17.3 Å². The van der Waals surface area contributed by atoms with Gasteiger partial charge in [-0.25, -0.2) is 0 Å². The Bertz CT molecular complexity index is 973. The van der Waals surface area contributed by atoms with Gasteiger partial charge in [-0.3, -0.25) is 24.5 Å². The second-order valence-electron chi connectivity index (χ2n) is 6.25. The number of nitro groups is 1. The summed E-state index contributed by atoms with van der Waals surface area (Å²) in [6, 6.07) is 9.83. The molecule has 2 aromatic rings. The van der Waals surface area contributed by atoms with Gasteiger partial charge in [0.25, 0.3) is 5.69 Å². The predicted octanol–water partition coefficient (Wildman–Crippen LogP) is 2.31. The zero-order valence-corrected chi connectivity index (χ0v) is 15.5. The van der Waals surface area contributed by atoms with Gasteiger partial charge in [-0.15, -0.1) is 0 Å². The molecule has 0 atom stereocenters. The molecule has 3 rings (SSSR count). The van der Waals surface area contributed by atoms with Crippen molar-refractivity contribution in [2.24, 2.45) is 0 Å². The minimum absolute atomic E-state index is 0.00237. The number of amides is 3. The third-order valence-electron chi connectivity index (χ3n) is 4.34. The van der Waals surface area contributed by atoms with Gasteiger partial charge in [0, 0.05) is 42.5 Å². The van der Waals surface area contributed by atoms with E-state index < -0.39 is 16.7 Å². The Balaban J connectivity index is 1.67. The molecular formula is C19H18N4O6. The summed E-state index contributed by atoms with van der Waals surface area (Å²) in [4.78, 5) is 47.9. The van der Waals surface area contributed by atoms with E-state index in [0.717, 1.165) is 6.42 Å². The molecule has 29 heavy (non-hydrogen) atoms. The number of ether oxygens (including phenoxy) is 1. The van der Waals surface area contributed by atoms with Crippen molar-refractivity contribution in [1.82, 2.24) is 0 Å². The van der Waals surface area contributed by atoms with Crippen LogP contribution in [0.15, 0.2) is 42.5 Å². The first-order valence-electron chi connectivity index (χ1n) is 8.74. The highest BCUT2D eigenvalue weighted by Crippen LogP contribution is 2.33. The van der Waals surface area contributed by atoms with Gasteiger partial charge in [-0.05, 0) is 30.7 Å². The summed E-state index contributed by atoms with van der Waals surface area (Å²) >= 11 is 0. The Labute approximate surface area is 165 Å². The summed E-state index contributed by atoms with van der Waals surface area (Å²) in [6.07, 6.45) is 1.24. The molecule has 10 nitrogen and oxygen atoms in total. The molecular weight excluding hydrogens is 380 g/mol. The fraction of sp³-hybridized carbons (Fsp3) is 0.211. The monoisotopic (exact) mass is 398 g/mol. The first kappa shape index (κ1) is 19.8. The highest BCUT2D eigenvalue weighted by Gasteiger charge is 2.25. The molecule has 1 aliphatic heterocycles. The zero-order chi connectivity index (χ0) is 21.0. The van der Waals surface area contributed by atoms with Gasteiger partial charge in [0.15, 0.2) is 0 Å². The van der Waals surface area contributed by atoms with Crippen molar-refractivity contribution in [3.63, 3.8) is 0 Å². The molecule has 0 spiro atoms. The largest absolute Gasteiger partial charge is 0.494 e. The Morgan fingerprint density at radius 2 is 1.69 bits per heavy atom. The minimum Gasteiger partial charge on any atom is -0.494 e. The summed E-state index contributed by atoms with van der Waals surface area (Å²) in [5, 5.41) is 15.5. The van der Waals surface area contributed by atoms with Crippen molar-refractivity contribution >= 4 is 40.5 Å². The minimum atomic E-state index is -0.934. The molecule has 150 valence electrons. The van der Waals surface area contributed by atoms with Crippen molar-refractivity contribution in [3.8, 4) is 5.75 Å². The van der Waals surface area contributed by atoms with Crippen LogP contribution in [0.1, 0.15) is 12.8 Å².